The summed E-state index contributed by atoms with van der Waals surface area (Å²) < 4.78 is 0.496. The fourth-order valence-electron chi connectivity index (χ4n) is 9.11. The third-order valence-electron chi connectivity index (χ3n) is 10.3. The van der Waals surface area contributed by atoms with Crippen LogP contribution < -0.4 is 0 Å². The van der Waals surface area contributed by atoms with Crippen molar-refractivity contribution in [3.05, 3.63) is 0 Å². The van der Waals surface area contributed by atoms with Gasteiger partial charge in [-0.1, -0.05) is 33.6 Å². The zero-order chi connectivity index (χ0) is 18.2. The summed E-state index contributed by atoms with van der Waals surface area (Å²) >= 11 is 2.41. The van der Waals surface area contributed by atoms with E-state index in [0.29, 0.717) is 21.5 Å². The Hall–Kier alpha value is 0.0200. The second-order valence-corrected chi connectivity index (χ2v) is 12.8. The van der Waals surface area contributed by atoms with Gasteiger partial charge < -0.3 is 4.79 Å². The highest BCUT2D eigenvalue weighted by Crippen LogP contribution is 2.76. The molecule has 0 amide bonds. The first-order valence-corrected chi connectivity index (χ1v) is 12.5. The van der Waals surface area contributed by atoms with E-state index in [1.807, 2.05) is 0 Å². The number of aldehydes is 1. The summed E-state index contributed by atoms with van der Waals surface area (Å²) in [5.41, 5.74) is 1.13. The Bertz CT molecular complexity index is 589. The van der Waals surface area contributed by atoms with E-state index in [1.54, 1.807) is 0 Å². The zero-order valence-electron chi connectivity index (χ0n) is 17.1. The molecule has 5 rings (SSSR count). The van der Waals surface area contributed by atoms with Gasteiger partial charge in [-0.05, 0) is 92.3 Å². The number of thioether (sulfide) groups is 1. The molecule has 0 spiro atoms. The topological polar surface area (TPSA) is 17.1 Å². The first-order chi connectivity index (χ1) is 12.5. The van der Waals surface area contributed by atoms with E-state index in [1.165, 1.54) is 76.9 Å². The van der Waals surface area contributed by atoms with Crippen LogP contribution in [0.4, 0.5) is 0 Å². The van der Waals surface area contributed by atoms with Gasteiger partial charge in [0, 0.05) is 15.9 Å². The van der Waals surface area contributed by atoms with E-state index in [2.05, 4.69) is 32.5 Å². The fraction of sp³-hybridized carbons (Fsp3) is 0.958. The average Bonchev–Trinajstić information content (AvgIpc) is 2.90. The first-order valence-electron chi connectivity index (χ1n) is 11.6. The van der Waals surface area contributed by atoms with Crippen molar-refractivity contribution in [3.8, 4) is 0 Å². The molecule has 1 nitrogen and oxygen atoms in total. The van der Waals surface area contributed by atoms with E-state index >= 15 is 0 Å². The molecular weight excluding hydrogens is 336 g/mol. The molecule has 0 aromatic carbocycles. The van der Waals surface area contributed by atoms with Crippen LogP contribution in [0.1, 0.15) is 91.4 Å². The Balaban J connectivity index is 1.58. The lowest BCUT2D eigenvalue weighted by molar-refractivity contribution is -0.111. The summed E-state index contributed by atoms with van der Waals surface area (Å²) in [7, 11) is 0. The van der Waals surface area contributed by atoms with Gasteiger partial charge in [-0.3, -0.25) is 0 Å². The molecule has 2 heteroatoms. The summed E-state index contributed by atoms with van der Waals surface area (Å²) in [5, 5.41) is 0.861. The van der Waals surface area contributed by atoms with Crippen molar-refractivity contribution in [1.29, 1.82) is 0 Å². The molecule has 2 saturated heterocycles. The van der Waals surface area contributed by atoms with Crippen LogP contribution in [0.25, 0.3) is 0 Å². The Morgan fingerprint density at radius 1 is 1.00 bits per heavy atom. The van der Waals surface area contributed by atoms with Crippen LogP contribution in [0.15, 0.2) is 0 Å². The van der Waals surface area contributed by atoms with Crippen molar-refractivity contribution >= 4 is 18.0 Å². The third kappa shape index (κ3) is 2.15. The predicted molar refractivity (Wildman–Crippen MR) is 110 cm³/mol. The maximum atomic E-state index is 11.7. The second kappa shape index (κ2) is 6.01. The highest BCUT2D eigenvalue weighted by Gasteiger charge is 2.70. The highest BCUT2D eigenvalue weighted by atomic mass is 32.2. The quantitative estimate of drug-likeness (QED) is 0.525. The average molecular weight is 375 g/mol. The van der Waals surface area contributed by atoms with Gasteiger partial charge >= 0.3 is 0 Å². The minimum atomic E-state index is 0.346. The maximum absolute atomic E-state index is 11.7. The van der Waals surface area contributed by atoms with Gasteiger partial charge in [-0.25, -0.2) is 0 Å². The molecule has 3 aliphatic carbocycles. The molecule has 9 atom stereocenters. The number of fused-ring (bicyclic) bond motifs is 6. The van der Waals surface area contributed by atoms with E-state index in [4.69, 9.17) is 0 Å². The number of hydrogen-bond donors (Lipinski definition) is 0. The summed E-state index contributed by atoms with van der Waals surface area (Å²) in [6.07, 6.45) is 16.6. The lowest BCUT2D eigenvalue weighted by Gasteiger charge is -2.63. The summed E-state index contributed by atoms with van der Waals surface area (Å²) in [5.74, 6) is 4.08. The van der Waals surface area contributed by atoms with Crippen molar-refractivity contribution in [2.24, 2.45) is 40.4 Å². The van der Waals surface area contributed by atoms with Crippen LogP contribution in [0, 0.1) is 40.4 Å². The maximum Gasteiger partial charge on any atom is 0.123 e. The van der Waals surface area contributed by atoms with Crippen molar-refractivity contribution in [2.75, 3.05) is 0 Å². The molecule has 2 heterocycles. The molecule has 0 N–H and O–H groups in total. The molecule has 5 fully saturated rings. The molecule has 3 saturated carbocycles. The minimum absolute atomic E-state index is 0.346. The standard InChI is InChI=1S/C24H38OS/c1-4-9-24-20-13-16(15-25)7-12-23(24,3)19-8-11-22(2)10-5-6-18(22)17(19)14-21(20)26-24/h15-21H,4-14H2,1-3H3/t16?,17?,18?,19?,20-,21?,22+,23-,24?/m1/s1. The monoisotopic (exact) mass is 374 g/mol. The van der Waals surface area contributed by atoms with Crippen LogP contribution in [-0.2, 0) is 4.79 Å². The summed E-state index contributed by atoms with van der Waals surface area (Å²) in [6, 6.07) is 0. The lowest BCUT2D eigenvalue weighted by atomic mass is 9.51. The molecular formula is C24H38OS. The normalized spacial score (nSPS) is 58.0. The van der Waals surface area contributed by atoms with E-state index in [9.17, 15) is 4.79 Å². The number of carbonyl (C=O) groups is 1. The second-order valence-electron chi connectivity index (χ2n) is 11.2. The van der Waals surface area contributed by atoms with Crippen LogP contribution >= 0.6 is 11.8 Å². The van der Waals surface area contributed by atoms with Gasteiger partial charge in [0.05, 0.1) is 0 Å². The van der Waals surface area contributed by atoms with Crippen molar-refractivity contribution < 1.29 is 4.79 Å². The van der Waals surface area contributed by atoms with Gasteiger partial charge in [0.25, 0.3) is 0 Å². The molecule has 0 radical (unpaired) electrons. The first kappa shape index (κ1) is 18.1. The van der Waals surface area contributed by atoms with Crippen molar-refractivity contribution in [3.63, 3.8) is 0 Å². The third-order valence-corrected chi connectivity index (χ3v) is 12.5. The number of carbonyl (C=O) groups excluding carboxylic acids is 1. The van der Waals surface area contributed by atoms with Crippen LogP contribution in [-0.4, -0.2) is 16.3 Å². The van der Waals surface area contributed by atoms with Crippen LogP contribution in [0.3, 0.4) is 0 Å². The molecule has 0 aromatic rings. The molecule has 26 heavy (non-hydrogen) atoms. The van der Waals surface area contributed by atoms with Crippen LogP contribution in [0.5, 0.6) is 0 Å². The van der Waals surface area contributed by atoms with Gasteiger partial charge in [-0.2, -0.15) is 11.8 Å². The summed E-state index contributed by atoms with van der Waals surface area (Å²) in [6.45, 7) is 7.73. The van der Waals surface area contributed by atoms with Gasteiger partial charge in [0.1, 0.15) is 6.29 Å². The zero-order valence-corrected chi connectivity index (χ0v) is 18.0. The molecule has 5 aliphatic rings. The molecule has 2 aliphatic heterocycles. The van der Waals surface area contributed by atoms with Crippen molar-refractivity contribution in [1.82, 2.24) is 0 Å². The van der Waals surface area contributed by atoms with Gasteiger partial charge in [0.15, 0.2) is 0 Å². The Morgan fingerprint density at radius 2 is 1.85 bits per heavy atom. The Kier molecular flexibility index (Phi) is 4.18. The Labute approximate surface area is 164 Å². The number of rotatable bonds is 3. The smallest absolute Gasteiger partial charge is 0.123 e. The summed E-state index contributed by atoms with van der Waals surface area (Å²) in [4.78, 5) is 11.7. The van der Waals surface area contributed by atoms with Crippen LogP contribution in [0.2, 0.25) is 0 Å². The van der Waals surface area contributed by atoms with Gasteiger partial charge in [0.2, 0.25) is 0 Å². The minimum Gasteiger partial charge on any atom is -0.303 e. The highest BCUT2D eigenvalue weighted by molar-refractivity contribution is 8.02. The molecule has 0 aromatic heterocycles. The predicted octanol–water partition coefficient (Wildman–Crippen LogP) is 6.50. The molecule has 146 valence electrons. The molecule has 6 unspecified atom stereocenters. The van der Waals surface area contributed by atoms with E-state index < -0.39 is 0 Å². The van der Waals surface area contributed by atoms with Gasteiger partial charge in [-0.15, -0.1) is 0 Å². The van der Waals surface area contributed by atoms with E-state index in [-0.39, 0.29) is 0 Å². The molecule has 2 bridgehead atoms. The van der Waals surface area contributed by atoms with Crippen molar-refractivity contribution in [2.45, 2.75) is 101 Å². The Morgan fingerprint density at radius 3 is 2.62 bits per heavy atom. The SMILES string of the molecule is CCCC12SC3CC4C5CCC[C@@]5(C)CCC4[C@@]1(C)CCC(C=O)C[C@H]32. The fourth-order valence-corrected chi connectivity index (χ4v) is 11.5. The number of hydrogen-bond acceptors (Lipinski definition) is 2. The van der Waals surface area contributed by atoms with E-state index in [0.717, 1.165) is 28.9 Å². The lowest BCUT2D eigenvalue weighted by Crippen LogP contribution is -2.60. The largest absolute Gasteiger partial charge is 0.303 e.